The number of carbonyl (C=O) groups is 3. The summed E-state index contributed by atoms with van der Waals surface area (Å²) in [6.07, 6.45) is 1.73. The van der Waals surface area contributed by atoms with Crippen molar-refractivity contribution in [3.05, 3.63) is 59.9 Å². The lowest BCUT2D eigenvalue weighted by molar-refractivity contribution is -0.136. The number of urea groups is 1. The van der Waals surface area contributed by atoms with Crippen molar-refractivity contribution in [2.45, 2.75) is 12.8 Å². The molecule has 3 rings (SSSR count). The van der Waals surface area contributed by atoms with Crippen LogP contribution in [-0.4, -0.2) is 42.2 Å². The third kappa shape index (κ3) is 5.62. The smallest absolute Gasteiger partial charge is 0.323 e. The Hall–Kier alpha value is -4.47. The zero-order valence-corrected chi connectivity index (χ0v) is 18.1. The van der Waals surface area contributed by atoms with Gasteiger partial charge in [-0.25, -0.2) is 4.79 Å². The molecule has 2 aromatic carbocycles. The van der Waals surface area contributed by atoms with E-state index < -0.39 is 17.9 Å². The number of rotatable bonds is 9. The SMILES string of the molecule is COc1ccc(OC)c(NC(=O)Nc2ccc(-c3c(CCC(=O)O)c[nH]c3C(N)=O)cc2)c1. The number of aryl methyl sites for hydroxylation is 1. The van der Waals surface area contributed by atoms with Gasteiger partial charge in [-0.3, -0.25) is 9.59 Å². The molecule has 6 N–H and O–H groups in total. The van der Waals surface area contributed by atoms with Crippen molar-refractivity contribution in [2.75, 3.05) is 24.9 Å². The number of ether oxygens (including phenoxy) is 2. The Morgan fingerprint density at radius 3 is 2.36 bits per heavy atom. The van der Waals surface area contributed by atoms with Crippen molar-refractivity contribution in [1.82, 2.24) is 4.98 Å². The summed E-state index contributed by atoms with van der Waals surface area (Å²) in [5.41, 5.74) is 8.46. The highest BCUT2D eigenvalue weighted by molar-refractivity contribution is 6.02. The molecular weight excluding hydrogens is 428 g/mol. The quantitative estimate of drug-likeness (QED) is 0.335. The molecule has 1 aromatic heterocycles. The second-order valence-electron chi connectivity index (χ2n) is 7.04. The molecule has 0 atom stereocenters. The van der Waals surface area contributed by atoms with Crippen LogP contribution in [0.3, 0.4) is 0 Å². The third-order valence-corrected chi connectivity index (χ3v) is 4.90. The summed E-state index contributed by atoms with van der Waals surface area (Å²) < 4.78 is 10.4. The number of hydrogen-bond acceptors (Lipinski definition) is 5. The van der Waals surface area contributed by atoms with E-state index in [1.165, 1.54) is 14.2 Å². The number of aromatic nitrogens is 1. The average molecular weight is 452 g/mol. The standard InChI is InChI=1S/C23H24N4O6/c1-32-16-8-9-18(33-2)17(11-16)27-23(31)26-15-6-3-13(4-7-15)20-14(5-10-19(28)29)12-25-21(20)22(24)30/h3-4,6-9,11-12,25H,5,10H2,1-2H3,(H2,24,30)(H,28,29)(H2,26,27,31). The number of H-pyrrole nitrogens is 1. The van der Waals surface area contributed by atoms with Crippen LogP contribution in [0.25, 0.3) is 11.1 Å². The predicted molar refractivity (Wildman–Crippen MR) is 123 cm³/mol. The highest BCUT2D eigenvalue weighted by Gasteiger charge is 2.18. The number of aromatic amines is 1. The van der Waals surface area contributed by atoms with Gasteiger partial charge in [0, 0.05) is 29.9 Å². The highest BCUT2D eigenvalue weighted by Crippen LogP contribution is 2.31. The Labute approximate surface area is 189 Å². The largest absolute Gasteiger partial charge is 0.497 e. The number of carbonyl (C=O) groups excluding carboxylic acids is 2. The van der Waals surface area contributed by atoms with Crippen molar-refractivity contribution in [2.24, 2.45) is 5.73 Å². The van der Waals surface area contributed by atoms with E-state index in [0.717, 1.165) is 0 Å². The van der Waals surface area contributed by atoms with Crippen LogP contribution >= 0.6 is 0 Å². The van der Waals surface area contributed by atoms with E-state index in [1.54, 1.807) is 48.7 Å². The van der Waals surface area contributed by atoms with Gasteiger partial charge in [-0.2, -0.15) is 0 Å². The zero-order chi connectivity index (χ0) is 24.0. The van der Waals surface area contributed by atoms with Crippen molar-refractivity contribution < 1.29 is 29.0 Å². The zero-order valence-electron chi connectivity index (χ0n) is 18.1. The lowest BCUT2D eigenvalue weighted by atomic mass is 9.98. The predicted octanol–water partition coefficient (Wildman–Crippen LogP) is 3.46. The first-order valence-corrected chi connectivity index (χ1v) is 9.94. The summed E-state index contributed by atoms with van der Waals surface area (Å²) in [5, 5.41) is 14.4. The van der Waals surface area contributed by atoms with Crippen molar-refractivity contribution in [3.8, 4) is 22.6 Å². The summed E-state index contributed by atoms with van der Waals surface area (Å²) in [6.45, 7) is 0. The second-order valence-corrected chi connectivity index (χ2v) is 7.04. The van der Waals surface area contributed by atoms with Crippen LogP contribution in [0, 0.1) is 0 Å². The fraction of sp³-hybridized carbons (Fsp3) is 0.174. The minimum Gasteiger partial charge on any atom is -0.497 e. The van der Waals surface area contributed by atoms with Crippen molar-refractivity contribution in [3.63, 3.8) is 0 Å². The van der Waals surface area contributed by atoms with Gasteiger partial charge in [-0.15, -0.1) is 0 Å². The van der Waals surface area contributed by atoms with Gasteiger partial charge >= 0.3 is 12.0 Å². The molecule has 33 heavy (non-hydrogen) atoms. The molecule has 0 fully saturated rings. The second kappa shape index (κ2) is 10.2. The van der Waals surface area contributed by atoms with Crippen molar-refractivity contribution in [1.29, 1.82) is 0 Å². The number of amides is 3. The fourth-order valence-electron chi connectivity index (χ4n) is 3.34. The van der Waals surface area contributed by atoms with E-state index in [2.05, 4.69) is 15.6 Å². The first-order chi connectivity index (χ1) is 15.8. The van der Waals surface area contributed by atoms with Gasteiger partial charge in [-0.1, -0.05) is 12.1 Å². The molecule has 0 radical (unpaired) electrons. The minimum atomic E-state index is -0.944. The lowest BCUT2D eigenvalue weighted by Crippen LogP contribution is -2.19. The van der Waals surface area contributed by atoms with E-state index in [4.69, 9.17) is 20.3 Å². The maximum Gasteiger partial charge on any atom is 0.323 e. The molecule has 0 aliphatic heterocycles. The maximum absolute atomic E-state index is 12.5. The van der Waals surface area contributed by atoms with Gasteiger partial charge in [-0.05, 0) is 41.8 Å². The number of primary amides is 1. The molecule has 10 nitrogen and oxygen atoms in total. The first kappa shape index (κ1) is 23.2. The minimum absolute atomic E-state index is 0.0867. The molecule has 172 valence electrons. The van der Waals surface area contributed by atoms with E-state index in [9.17, 15) is 14.4 Å². The molecule has 0 saturated heterocycles. The Morgan fingerprint density at radius 1 is 1.03 bits per heavy atom. The van der Waals surface area contributed by atoms with Crippen LogP contribution in [-0.2, 0) is 11.2 Å². The van der Waals surface area contributed by atoms with E-state index in [1.807, 2.05) is 0 Å². The molecule has 0 saturated carbocycles. The van der Waals surface area contributed by atoms with Gasteiger partial charge in [0.05, 0.1) is 19.9 Å². The van der Waals surface area contributed by atoms with Crippen molar-refractivity contribution >= 4 is 29.3 Å². The number of aliphatic carboxylic acids is 1. The van der Waals surface area contributed by atoms with Gasteiger partial charge in [0.15, 0.2) is 0 Å². The highest BCUT2D eigenvalue weighted by atomic mass is 16.5. The van der Waals surface area contributed by atoms with Crippen LogP contribution in [0.1, 0.15) is 22.5 Å². The number of carboxylic acids is 1. The summed E-state index contributed by atoms with van der Waals surface area (Å²) >= 11 is 0. The van der Waals surface area contributed by atoms with Gasteiger partial charge in [0.25, 0.3) is 5.91 Å². The Bertz CT molecular complexity index is 1170. The van der Waals surface area contributed by atoms with E-state index >= 15 is 0 Å². The first-order valence-electron chi connectivity index (χ1n) is 9.94. The topological polar surface area (TPSA) is 156 Å². The molecule has 0 aliphatic carbocycles. The Balaban J connectivity index is 1.77. The maximum atomic E-state index is 12.5. The summed E-state index contributed by atoms with van der Waals surface area (Å²) in [5.74, 6) is -0.561. The van der Waals surface area contributed by atoms with Crippen LogP contribution in [0.15, 0.2) is 48.7 Å². The van der Waals surface area contributed by atoms with Crippen LogP contribution in [0.4, 0.5) is 16.2 Å². The molecule has 0 bridgehead atoms. The van der Waals surface area contributed by atoms with E-state index in [-0.39, 0.29) is 18.5 Å². The Morgan fingerprint density at radius 2 is 1.76 bits per heavy atom. The number of carboxylic acid groups (broad SMARTS) is 1. The molecule has 3 aromatic rings. The molecule has 3 amide bonds. The fourth-order valence-corrected chi connectivity index (χ4v) is 3.34. The molecule has 0 spiro atoms. The molecule has 0 unspecified atom stereocenters. The van der Waals surface area contributed by atoms with Gasteiger partial charge in [0.2, 0.25) is 0 Å². The molecular formula is C23H24N4O6. The van der Waals surface area contributed by atoms with E-state index in [0.29, 0.717) is 39.6 Å². The number of benzene rings is 2. The molecule has 1 heterocycles. The normalized spacial score (nSPS) is 10.4. The average Bonchev–Trinajstić information content (AvgIpc) is 3.22. The Kier molecular flexibility index (Phi) is 7.19. The number of hydrogen-bond donors (Lipinski definition) is 5. The summed E-state index contributed by atoms with van der Waals surface area (Å²) in [6, 6.07) is 11.3. The monoisotopic (exact) mass is 452 g/mol. The summed E-state index contributed by atoms with van der Waals surface area (Å²) in [7, 11) is 3.02. The van der Waals surface area contributed by atoms with Gasteiger partial charge in [0.1, 0.15) is 17.2 Å². The van der Waals surface area contributed by atoms with Crippen LogP contribution in [0.2, 0.25) is 0 Å². The number of nitrogens with one attached hydrogen (secondary N) is 3. The van der Waals surface area contributed by atoms with Crippen LogP contribution in [0.5, 0.6) is 11.5 Å². The van der Waals surface area contributed by atoms with Crippen LogP contribution < -0.4 is 25.8 Å². The molecule has 0 aliphatic rings. The third-order valence-electron chi connectivity index (χ3n) is 4.90. The number of anilines is 2. The summed E-state index contributed by atoms with van der Waals surface area (Å²) in [4.78, 5) is 38.1. The van der Waals surface area contributed by atoms with Gasteiger partial charge < -0.3 is 35.9 Å². The molecule has 10 heteroatoms. The number of methoxy groups -OCH3 is 2. The number of nitrogens with two attached hydrogens (primary N) is 1. The lowest BCUT2D eigenvalue weighted by Gasteiger charge is -2.13.